The zero-order valence-electron chi connectivity index (χ0n) is 13.1. The highest BCUT2D eigenvalue weighted by atomic mass is 32.2. The Hall–Kier alpha value is -2.05. The number of carbonyl (C=O) groups excluding carboxylic acids is 1. The fourth-order valence-corrected chi connectivity index (χ4v) is 4.26. The monoisotopic (exact) mass is 356 g/mol. The molecule has 0 radical (unpaired) electrons. The van der Waals surface area contributed by atoms with Gasteiger partial charge in [-0.15, -0.1) is 11.8 Å². The zero-order valence-corrected chi connectivity index (χ0v) is 14.8. The van der Waals surface area contributed by atoms with Gasteiger partial charge in [0.05, 0.1) is 28.9 Å². The summed E-state index contributed by atoms with van der Waals surface area (Å²) in [5.74, 6) is -0.242. The van der Waals surface area contributed by atoms with Gasteiger partial charge in [-0.1, -0.05) is 35.6 Å². The van der Waals surface area contributed by atoms with Gasteiger partial charge in [0, 0.05) is 4.90 Å². The van der Waals surface area contributed by atoms with Crippen LogP contribution in [0, 0.1) is 0 Å². The lowest BCUT2D eigenvalue weighted by Crippen LogP contribution is -2.53. The Labute approximate surface area is 148 Å². The van der Waals surface area contributed by atoms with Crippen molar-refractivity contribution in [3.63, 3.8) is 0 Å². The van der Waals surface area contributed by atoms with Crippen molar-refractivity contribution >= 4 is 44.4 Å². The maximum atomic E-state index is 12.3. The smallest absolute Gasteiger partial charge is 0.339 e. The lowest BCUT2D eigenvalue weighted by atomic mass is 10.2. The van der Waals surface area contributed by atoms with Gasteiger partial charge in [0.15, 0.2) is 5.13 Å². The van der Waals surface area contributed by atoms with Crippen LogP contribution in [0.2, 0.25) is 0 Å². The van der Waals surface area contributed by atoms with Crippen LogP contribution in [0.1, 0.15) is 10.4 Å². The van der Waals surface area contributed by atoms with Gasteiger partial charge < -0.3 is 9.64 Å². The van der Waals surface area contributed by atoms with Crippen LogP contribution in [-0.2, 0) is 4.74 Å². The van der Waals surface area contributed by atoms with Gasteiger partial charge in [-0.3, -0.25) is 0 Å². The maximum Gasteiger partial charge on any atom is 0.339 e. The summed E-state index contributed by atoms with van der Waals surface area (Å²) in [6.07, 6.45) is 1.89. The van der Waals surface area contributed by atoms with Crippen molar-refractivity contribution in [2.24, 2.45) is 0 Å². The van der Waals surface area contributed by atoms with Crippen LogP contribution in [0.5, 0.6) is 0 Å². The van der Waals surface area contributed by atoms with Crippen LogP contribution >= 0.6 is 23.1 Å². The number of anilines is 1. The number of para-hydroxylation sites is 1. The van der Waals surface area contributed by atoms with Crippen LogP contribution in [0.3, 0.4) is 0 Å². The minimum Gasteiger partial charge on any atom is -0.455 e. The second-order valence-corrected chi connectivity index (χ2v) is 7.45. The third-order valence-corrected chi connectivity index (χ3v) is 5.89. The van der Waals surface area contributed by atoms with E-state index in [9.17, 15) is 4.79 Å². The minimum absolute atomic E-state index is 0.0700. The molecule has 4 nitrogen and oxygen atoms in total. The van der Waals surface area contributed by atoms with Crippen molar-refractivity contribution in [1.82, 2.24) is 4.98 Å². The van der Waals surface area contributed by atoms with Crippen molar-refractivity contribution in [2.45, 2.75) is 11.0 Å². The Balaban J connectivity index is 1.40. The van der Waals surface area contributed by atoms with E-state index >= 15 is 0 Å². The van der Waals surface area contributed by atoms with Gasteiger partial charge in [0.25, 0.3) is 0 Å². The third-order valence-electron chi connectivity index (χ3n) is 4.00. The molecule has 2 aromatic carbocycles. The molecule has 0 saturated carbocycles. The topological polar surface area (TPSA) is 42.4 Å². The number of fused-ring (bicyclic) bond motifs is 1. The summed E-state index contributed by atoms with van der Waals surface area (Å²) >= 11 is 3.23. The van der Waals surface area contributed by atoms with Gasteiger partial charge >= 0.3 is 5.97 Å². The number of thiazole rings is 1. The average Bonchev–Trinajstić information content (AvgIpc) is 3.00. The Kier molecular flexibility index (Phi) is 4.16. The minimum atomic E-state index is -0.242. The molecule has 1 saturated heterocycles. The first-order valence-corrected chi connectivity index (χ1v) is 9.73. The van der Waals surface area contributed by atoms with E-state index in [1.807, 2.05) is 48.7 Å². The number of aromatic nitrogens is 1. The van der Waals surface area contributed by atoms with E-state index in [4.69, 9.17) is 4.74 Å². The molecule has 2 heterocycles. The van der Waals surface area contributed by atoms with Gasteiger partial charge in [0.1, 0.15) is 6.10 Å². The molecule has 0 amide bonds. The van der Waals surface area contributed by atoms with Gasteiger partial charge in [-0.2, -0.15) is 0 Å². The lowest BCUT2D eigenvalue weighted by Gasteiger charge is -2.38. The number of ether oxygens (including phenoxy) is 1. The fourth-order valence-electron chi connectivity index (χ4n) is 2.69. The number of carbonyl (C=O) groups is 1. The molecule has 1 aliphatic rings. The molecule has 0 N–H and O–H groups in total. The summed E-state index contributed by atoms with van der Waals surface area (Å²) in [5, 5.41) is 0.994. The molecule has 0 atom stereocenters. The van der Waals surface area contributed by atoms with Crippen molar-refractivity contribution in [1.29, 1.82) is 0 Å². The highest BCUT2D eigenvalue weighted by Gasteiger charge is 2.32. The number of thioether (sulfide) groups is 1. The van der Waals surface area contributed by atoms with E-state index in [-0.39, 0.29) is 12.1 Å². The number of esters is 1. The van der Waals surface area contributed by atoms with Gasteiger partial charge in [-0.25, -0.2) is 9.78 Å². The maximum absolute atomic E-state index is 12.3. The molecule has 0 bridgehead atoms. The normalized spacial score (nSPS) is 14.6. The highest BCUT2D eigenvalue weighted by Crippen LogP contribution is 2.32. The van der Waals surface area contributed by atoms with E-state index in [1.54, 1.807) is 23.1 Å². The molecule has 24 heavy (non-hydrogen) atoms. The van der Waals surface area contributed by atoms with Crippen LogP contribution in [0.25, 0.3) is 10.2 Å². The summed E-state index contributed by atoms with van der Waals surface area (Å²) in [5.41, 5.74) is 1.66. The lowest BCUT2D eigenvalue weighted by molar-refractivity contribution is 0.0230. The van der Waals surface area contributed by atoms with Crippen LogP contribution in [-0.4, -0.2) is 36.4 Å². The molecule has 122 valence electrons. The molecular formula is C18H16N2O2S2. The van der Waals surface area contributed by atoms with Crippen LogP contribution in [0.4, 0.5) is 5.13 Å². The number of benzene rings is 2. The molecule has 0 aliphatic carbocycles. The molecule has 1 fully saturated rings. The standard InChI is InChI=1S/C18H16N2O2S2/c1-23-15-8-4-2-6-13(15)17(21)22-12-10-20(11-12)18-19-14-7-3-5-9-16(14)24-18/h2-9,12H,10-11H2,1H3. The van der Waals surface area contributed by atoms with E-state index < -0.39 is 0 Å². The number of rotatable bonds is 4. The fraction of sp³-hybridized carbons (Fsp3) is 0.222. The van der Waals surface area contributed by atoms with Crippen molar-refractivity contribution in [3.05, 3.63) is 54.1 Å². The SMILES string of the molecule is CSc1ccccc1C(=O)OC1CN(c2nc3ccccc3s2)C1. The van der Waals surface area contributed by atoms with Gasteiger partial charge in [-0.05, 0) is 30.5 Å². The predicted octanol–water partition coefficient (Wildman–Crippen LogP) is 4.06. The van der Waals surface area contributed by atoms with Gasteiger partial charge in [0.2, 0.25) is 0 Å². The Bertz CT molecular complexity index is 854. The first-order chi connectivity index (χ1) is 11.7. The first kappa shape index (κ1) is 15.5. The second-order valence-electron chi connectivity index (χ2n) is 5.60. The summed E-state index contributed by atoms with van der Waals surface area (Å²) in [6.45, 7) is 1.40. The quantitative estimate of drug-likeness (QED) is 0.521. The van der Waals surface area contributed by atoms with E-state index in [1.165, 1.54) is 4.70 Å². The Morgan fingerprint density at radius 3 is 2.75 bits per heavy atom. The molecule has 1 aliphatic heterocycles. The molecular weight excluding hydrogens is 340 g/mol. The molecule has 4 rings (SSSR count). The summed E-state index contributed by atoms with van der Waals surface area (Å²) in [4.78, 5) is 20.1. The van der Waals surface area contributed by atoms with E-state index in [0.29, 0.717) is 18.7 Å². The van der Waals surface area contributed by atoms with Crippen molar-refractivity contribution in [2.75, 3.05) is 24.2 Å². The highest BCUT2D eigenvalue weighted by molar-refractivity contribution is 7.98. The van der Waals surface area contributed by atoms with Crippen molar-refractivity contribution < 1.29 is 9.53 Å². The molecule has 1 aromatic heterocycles. The van der Waals surface area contributed by atoms with E-state index in [2.05, 4.69) is 16.0 Å². The first-order valence-electron chi connectivity index (χ1n) is 7.69. The number of hydrogen-bond acceptors (Lipinski definition) is 6. The summed E-state index contributed by atoms with van der Waals surface area (Å²) in [7, 11) is 0. The second kappa shape index (κ2) is 6.45. The molecule has 6 heteroatoms. The molecule has 3 aromatic rings. The Morgan fingerprint density at radius 1 is 1.21 bits per heavy atom. The van der Waals surface area contributed by atoms with Crippen LogP contribution < -0.4 is 4.90 Å². The largest absolute Gasteiger partial charge is 0.455 e. The zero-order chi connectivity index (χ0) is 16.5. The summed E-state index contributed by atoms with van der Waals surface area (Å²) in [6, 6.07) is 15.7. The third kappa shape index (κ3) is 2.87. The molecule has 0 spiro atoms. The summed E-state index contributed by atoms with van der Waals surface area (Å²) < 4.78 is 6.81. The molecule has 0 unspecified atom stereocenters. The van der Waals surface area contributed by atoms with E-state index in [0.717, 1.165) is 15.5 Å². The van der Waals surface area contributed by atoms with Crippen LogP contribution in [0.15, 0.2) is 53.4 Å². The number of hydrogen-bond donors (Lipinski definition) is 0. The predicted molar refractivity (Wildman–Crippen MR) is 99.3 cm³/mol. The van der Waals surface area contributed by atoms with Crippen molar-refractivity contribution in [3.8, 4) is 0 Å². The Morgan fingerprint density at radius 2 is 1.96 bits per heavy atom. The average molecular weight is 356 g/mol. The number of nitrogens with zero attached hydrogens (tertiary/aromatic N) is 2.